The van der Waals surface area contributed by atoms with E-state index in [4.69, 9.17) is 37.0 Å². The van der Waals surface area contributed by atoms with Crippen molar-refractivity contribution < 1.29 is 80.2 Å². The van der Waals surface area contributed by atoms with Crippen molar-refractivity contribution in [3.63, 3.8) is 0 Å². The van der Waals surface area contributed by atoms with Gasteiger partial charge in [-0.25, -0.2) is 9.13 Å². The van der Waals surface area contributed by atoms with Crippen LogP contribution >= 0.6 is 15.6 Å². The van der Waals surface area contributed by atoms with Crippen molar-refractivity contribution in [1.29, 1.82) is 0 Å². The fourth-order valence-corrected chi connectivity index (χ4v) is 11.3. The summed E-state index contributed by atoms with van der Waals surface area (Å²) in [5, 5.41) is 10.6. The zero-order valence-electron chi connectivity index (χ0n) is 55.1. The average Bonchev–Trinajstić information content (AvgIpc) is 3.59. The predicted molar refractivity (Wildman–Crippen MR) is 340 cm³/mol. The Morgan fingerprint density at radius 1 is 0.341 bits per heavy atom. The molecule has 0 radical (unpaired) electrons. The first-order valence-corrected chi connectivity index (χ1v) is 37.4. The van der Waals surface area contributed by atoms with E-state index < -0.39 is 97.5 Å². The van der Waals surface area contributed by atoms with E-state index in [9.17, 15) is 43.2 Å². The van der Waals surface area contributed by atoms with Crippen LogP contribution in [0, 0.1) is 17.8 Å². The largest absolute Gasteiger partial charge is 0.472 e. The quantitative estimate of drug-likeness (QED) is 0.0222. The highest BCUT2D eigenvalue weighted by atomic mass is 31.2. The molecule has 19 heteroatoms. The molecule has 0 aromatic heterocycles. The lowest BCUT2D eigenvalue weighted by Crippen LogP contribution is -2.30. The van der Waals surface area contributed by atoms with Gasteiger partial charge in [0.1, 0.15) is 19.3 Å². The smallest absolute Gasteiger partial charge is 0.462 e. The zero-order chi connectivity index (χ0) is 63.1. The van der Waals surface area contributed by atoms with Gasteiger partial charge >= 0.3 is 39.5 Å². The third-order valence-electron chi connectivity index (χ3n) is 15.9. The van der Waals surface area contributed by atoms with Gasteiger partial charge in [-0.15, -0.1) is 0 Å². The SMILES string of the molecule is CCCCCCCCCCCCCCCC(=O)O[C@H](COC(=O)CCCCCCCCCCCC(C)C)COP(=O)(O)OC[C@@H](O)COP(=O)(O)OC[C@@H](COC(=O)CCCCCCCCC(C)CC)OC(=O)CCCCCCCCC(C)CC. The van der Waals surface area contributed by atoms with E-state index in [1.165, 1.54) is 128 Å². The minimum Gasteiger partial charge on any atom is -0.462 e. The van der Waals surface area contributed by atoms with Crippen molar-refractivity contribution >= 4 is 39.5 Å². The molecule has 0 spiro atoms. The van der Waals surface area contributed by atoms with E-state index in [-0.39, 0.29) is 25.7 Å². The van der Waals surface area contributed by atoms with E-state index in [1.807, 2.05) is 0 Å². The molecule has 0 amide bonds. The number of aliphatic hydroxyl groups excluding tert-OH is 1. The number of carbonyl (C=O) groups is 4. The van der Waals surface area contributed by atoms with Crippen molar-refractivity contribution in [3.05, 3.63) is 0 Å². The van der Waals surface area contributed by atoms with Crippen molar-refractivity contribution in [2.75, 3.05) is 39.6 Å². The van der Waals surface area contributed by atoms with E-state index in [0.717, 1.165) is 114 Å². The average molecular weight is 1260 g/mol. The molecule has 0 aromatic carbocycles. The monoisotopic (exact) mass is 1250 g/mol. The Morgan fingerprint density at radius 3 is 0.894 bits per heavy atom. The summed E-state index contributed by atoms with van der Waals surface area (Å²) < 4.78 is 68.1. The summed E-state index contributed by atoms with van der Waals surface area (Å²) in [6, 6.07) is 0. The summed E-state index contributed by atoms with van der Waals surface area (Å²) in [6.07, 6.45) is 38.9. The van der Waals surface area contributed by atoms with E-state index >= 15 is 0 Å². The van der Waals surface area contributed by atoms with Crippen molar-refractivity contribution in [2.45, 2.75) is 343 Å². The van der Waals surface area contributed by atoms with Crippen LogP contribution in [0.1, 0.15) is 325 Å². The fraction of sp³-hybridized carbons (Fsp3) is 0.939. The maximum absolute atomic E-state index is 13.0. The minimum atomic E-state index is -4.95. The van der Waals surface area contributed by atoms with Crippen LogP contribution in [-0.4, -0.2) is 96.7 Å². The van der Waals surface area contributed by atoms with Gasteiger partial charge in [-0.1, -0.05) is 273 Å². The molecule has 0 saturated carbocycles. The standard InChI is InChI=1S/C66H128O17P2/c1-8-11-12-13-14-15-16-17-18-21-25-35-42-49-65(70)82-61(53-76-63(68)47-40-33-24-22-19-20-23-30-37-44-57(4)5)55-80-84(72,73)78-51-60(67)52-79-85(74,75)81-56-62(83-66(71)50-43-36-29-27-32-39-46-59(7)10-3)54-77-64(69)48-41-34-28-26-31-38-45-58(6)9-2/h57-62,67H,8-56H2,1-7H3,(H,72,73)(H,74,75)/t58?,59?,60-,61-,62-/m1/s1. The van der Waals surface area contributed by atoms with Crippen LogP contribution in [0.25, 0.3) is 0 Å². The Balaban J connectivity index is 5.26. The summed E-state index contributed by atoms with van der Waals surface area (Å²) in [6.45, 7) is 11.7. The highest BCUT2D eigenvalue weighted by Gasteiger charge is 2.30. The summed E-state index contributed by atoms with van der Waals surface area (Å²) in [4.78, 5) is 72.3. The number of unbranched alkanes of at least 4 members (excludes halogenated alkanes) is 30. The van der Waals surface area contributed by atoms with Gasteiger partial charge in [-0.05, 0) is 43.4 Å². The molecule has 7 atom stereocenters. The lowest BCUT2D eigenvalue weighted by molar-refractivity contribution is -0.161. The van der Waals surface area contributed by atoms with E-state index in [1.54, 1.807) is 0 Å². The van der Waals surface area contributed by atoms with Crippen molar-refractivity contribution in [2.24, 2.45) is 17.8 Å². The second-order valence-electron chi connectivity index (χ2n) is 24.8. The van der Waals surface area contributed by atoms with Gasteiger partial charge in [0.15, 0.2) is 12.2 Å². The first-order chi connectivity index (χ1) is 40.8. The number of rotatable bonds is 64. The fourth-order valence-electron chi connectivity index (χ4n) is 9.77. The second-order valence-corrected chi connectivity index (χ2v) is 27.7. The highest BCUT2D eigenvalue weighted by Crippen LogP contribution is 2.45. The van der Waals surface area contributed by atoms with Crippen molar-refractivity contribution in [1.82, 2.24) is 0 Å². The Kier molecular flexibility index (Phi) is 55.9. The number of esters is 4. The van der Waals surface area contributed by atoms with Gasteiger partial charge in [-0.2, -0.15) is 0 Å². The van der Waals surface area contributed by atoms with Gasteiger partial charge < -0.3 is 33.8 Å². The normalized spacial score (nSPS) is 15.0. The predicted octanol–water partition coefficient (Wildman–Crippen LogP) is 18.3. The van der Waals surface area contributed by atoms with Crippen LogP contribution in [0.4, 0.5) is 0 Å². The highest BCUT2D eigenvalue weighted by molar-refractivity contribution is 7.47. The third kappa shape index (κ3) is 58.2. The van der Waals surface area contributed by atoms with Crippen LogP contribution < -0.4 is 0 Å². The topological polar surface area (TPSA) is 237 Å². The summed E-state index contributed by atoms with van der Waals surface area (Å²) in [7, 11) is -9.89. The Bertz CT molecular complexity index is 1690. The number of phosphoric ester groups is 2. The lowest BCUT2D eigenvalue weighted by atomic mass is 10.00. The molecule has 0 aliphatic rings. The number of ether oxygens (including phenoxy) is 4. The molecule has 0 saturated heterocycles. The molecular formula is C66H128O17P2. The van der Waals surface area contributed by atoms with Crippen molar-refractivity contribution in [3.8, 4) is 0 Å². The molecule has 504 valence electrons. The van der Waals surface area contributed by atoms with Gasteiger partial charge in [0.25, 0.3) is 0 Å². The molecule has 0 aromatic rings. The molecule has 85 heavy (non-hydrogen) atoms. The molecule has 0 bridgehead atoms. The molecule has 0 aliphatic carbocycles. The molecule has 0 rings (SSSR count). The van der Waals surface area contributed by atoms with Gasteiger partial charge in [0, 0.05) is 25.7 Å². The van der Waals surface area contributed by atoms with Crippen LogP contribution in [0.3, 0.4) is 0 Å². The lowest BCUT2D eigenvalue weighted by Gasteiger charge is -2.21. The van der Waals surface area contributed by atoms with Gasteiger partial charge in [0.05, 0.1) is 26.4 Å². The number of carbonyl (C=O) groups excluding carboxylic acids is 4. The van der Waals surface area contributed by atoms with Gasteiger partial charge in [-0.3, -0.25) is 37.3 Å². The van der Waals surface area contributed by atoms with E-state index in [0.29, 0.717) is 25.7 Å². The van der Waals surface area contributed by atoms with Gasteiger partial charge in [0.2, 0.25) is 0 Å². The molecule has 0 fully saturated rings. The molecule has 0 aliphatic heterocycles. The molecule has 17 nitrogen and oxygen atoms in total. The number of hydrogen-bond acceptors (Lipinski definition) is 15. The first kappa shape index (κ1) is 83.1. The van der Waals surface area contributed by atoms with Crippen LogP contribution in [0.15, 0.2) is 0 Å². The molecule has 4 unspecified atom stereocenters. The number of phosphoric acid groups is 2. The molecular weight excluding hydrogens is 1130 g/mol. The Morgan fingerprint density at radius 2 is 0.600 bits per heavy atom. The first-order valence-electron chi connectivity index (χ1n) is 34.4. The maximum Gasteiger partial charge on any atom is 0.472 e. The maximum atomic E-state index is 13.0. The van der Waals surface area contributed by atoms with Crippen LogP contribution in [-0.2, 0) is 65.4 Å². The number of hydrogen-bond donors (Lipinski definition) is 3. The molecule has 0 heterocycles. The van der Waals surface area contributed by atoms with E-state index in [2.05, 4.69) is 48.5 Å². The summed E-state index contributed by atoms with van der Waals surface area (Å²) >= 11 is 0. The zero-order valence-corrected chi connectivity index (χ0v) is 56.9. The molecule has 3 N–H and O–H groups in total. The summed E-state index contributed by atoms with van der Waals surface area (Å²) in [5.74, 6) is 0.0600. The Hall–Kier alpha value is -1.94. The Labute approximate surface area is 517 Å². The third-order valence-corrected chi connectivity index (χ3v) is 17.8. The van der Waals surface area contributed by atoms with Crippen LogP contribution in [0.5, 0.6) is 0 Å². The second kappa shape index (κ2) is 57.2. The summed E-state index contributed by atoms with van der Waals surface area (Å²) in [5.41, 5.74) is 0. The number of aliphatic hydroxyl groups is 1. The minimum absolute atomic E-state index is 0.102. The van der Waals surface area contributed by atoms with Crippen LogP contribution in [0.2, 0.25) is 0 Å².